The van der Waals surface area contributed by atoms with Crippen molar-refractivity contribution in [2.45, 2.75) is 50.0 Å². The molecule has 1 saturated carbocycles. The van der Waals surface area contributed by atoms with Gasteiger partial charge in [0.1, 0.15) is 4.90 Å². The predicted molar refractivity (Wildman–Crippen MR) is 155 cm³/mol. The maximum atomic E-state index is 12.7. The maximum absolute atomic E-state index is 12.7. The Balaban J connectivity index is 1.37. The number of hydrogen-bond acceptors (Lipinski definition) is 8. The van der Waals surface area contributed by atoms with Gasteiger partial charge in [-0.25, -0.2) is 23.4 Å². The SMILES string of the molecule is CCc1cc(-c2ccc(NS(=O)(=O)c3ccccc3Cl)nn2)cc2cnc(N=C3CCC(N(C)C)CC3)nc12. The van der Waals surface area contributed by atoms with Crippen molar-refractivity contribution < 1.29 is 8.42 Å². The second-order valence-electron chi connectivity index (χ2n) is 9.81. The van der Waals surface area contributed by atoms with Crippen molar-refractivity contribution in [2.24, 2.45) is 4.99 Å². The van der Waals surface area contributed by atoms with Crippen molar-refractivity contribution >= 4 is 50.0 Å². The van der Waals surface area contributed by atoms with Crippen molar-refractivity contribution in [3.63, 3.8) is 0 Å². The van der Waals surface area contributed by atoms with Crippen LogP contribution >= 0.6 is 11.6 Å². The molecule has 1 N–H and O–H groups in total. The Hall–Kier alpha value is -3.47. The highest BCUT2D eigenvalue weighted by Gasteiger charge is 2.20. The first-order chi connectivity index (χ1) is 18.7. The van der Waals surface area contributed by atoms with Gasteiger partial charge in [0, 0.05) is 28.9 Å². The zero-order valence-electron chi connectivity index (χ0n) is 22.1. The summed E-state index contributed by atoms with van der Waals surface area (Å²) in [7, 11) is 0.361. The van der Waals surface area contributed by atoms with Gasteiger partial charge in [-0.3, -0.25) is 4.72 Å². The summed E-state index contributed by atoms with van der Waals surface area (Å²) in [5.41, 5.74) is 4.52. The lowest BCUT2D eigenvalue weighted by Crippen LogP contribution is -2.32. The fourth-order valence-corrected chi connectivity index (χ4v) is 6.30. The lowest BCUT2D eigenvalue weighted by molar-refractivity contribution is 0.260. The number of fused-ring (bicyclic) bond motifs is 1. The van der Waals surface area contributed by atoms with E-state index in [4.69, 9.17) is 21.6 Å². The van der Waals surface area contributed by atoms with Gasteiger partial charge in [-0.2, -0.15) is 0 Å². The van der Waals surface area contributed by atoms with Gasteiger partial charge in [-0.05, 0) is 88.2 Å². The van der Waals surface area contributed by atoms with Crippen LogP contribution in [0.25, 0.3) is 22.2 Å². The molecule has 39 heavy (non-hydrogen) atoms. The molecular weight excluding hydrogens is 534 g/mol. The molecule has 11 heteroatoms. The standard InChI is InChI=1S/C28H30ClN7O2S/c1-4-18-15-19(24-13-14-26(34-33-24)35-39(37,38)25-8-6-5-7-23(25)29)16-20-17-30-28(32-27(18)20)31-21-9-11-22(12-10-21)36(2)3/h5-8,13-17,22H,4,9-12H2,1-3H3,(H,34,35). The number of benzene rings is 2. The quantitative estimate of drug-likeness (QED) is 0.308. The van der Waals surface area contributed by atoms with Gasteiger partial charge in [-0.1, -0.05) is 30.7 Å². The van der Waals surface area contributed by atoms with Crippen LogP contribution in [0.2, 0.25) is 5.02 Å². The van der Waals surface area contributed by atoms with Crippen molar-refractivity contribution in [1.82, 2.24) is 25.1 Å². The van der Waals surface area contributed by atoms with Crippen LogP contribution < -0.4 is 4.72 Å². The summed E-state index contributed by atoms with van der Waals surface area (Å²) in [4.78, 5) is 16.3. The van der Waals surface area contributed by atoms with E-state index in [1.165, 1.54) is 12.1 Å². The number of aryl methyl sites for hydroxylation is 1. The van der Waals surface area contributed by atoms with E-state index in [-0.39, 0.29) is 15.7 Å². The van der Waals surface area contributed by atoms with Crippen molar-refractivity contribution in [3.8, 4) is 11.3 Å². The smallest absolute Gasteiger partial charge is 0.264 e. The summed E-state index contributed by atoms with van der Waals surface area (Å²) in [6, 6.07) is 14.1. The number of halogens is 1. The maximum Gasteiger partial charge on any atom is 0.264 e. The predicted octanol–water partition coefficient (Wildman–Crippen LogP) is 5.68. The Labute approximate surface area is 233 Å². The monoisotopic (exact) mass is 563 g/mol. The Morgan fingerprint density at radius 2 is 1.85 bits per heavy atom. The van der Waals surface area contributed by atoms with Crippen LogP contribution in [0.15, 0.2) is 64.6 Å². The molecular formula is C28H30ClN7O2S. The highest BCUT2D eigenvalue weighted by atomic mass is 35.5. The molecule has 2 aromatic heterocycles. The zero-order chi connectivity index (χ0) is 27.6. The second-order valence-corrected chi connectivity index (χ2v) is 11.9. The summed E-state index contributed by atoms with van der Waals surface area (Å²) < 4.78 is 27.9. The molecule has 1 aliphatic carbocycles. The van der Waals surface area contributed by atoms with Gasteiger partial charge in [0.15, 0.2) is 5.82 Å². The normalized spacial score (nSPS) is 16.0. The molecule has 1 fully saturated rings. The number of sulfonamides is 1. The molecule has 2 heterocycles. The molecule has 0 aliphatic heterocycles. The third-order valence-corrected chi connectivity index (χ3v) is 8.83. The van der Waals surface area contributed by atoms with Crippen LogP contribution in [0, 0.1) is 0 Å². The lowest BCUT2D eigenvalue weighted by atomic mass is 9.93. The van der Waals surface area contributed by atoms with Gasteiger partial charge in [0.2, 0.25) is 5.95 Å². The summed E-state index contributed by atoms with van der Waals surface area (Å²) in [5.74, 6) is 0.597. The molecule has 0 bridgehead atoms. The Morgan fingerprint density at radius 3 is 2.51 bits per heavy atom. The van der Waals surface area contributed by atoms with Gasteiger partial charge in [0.05, 0.1) is 16.2 Å². The summed E-state index contributed by atoms with van der Waals surface area (Å²) in [6.07, 6.45) is 6.70. The Bertz CT molecular complexity index is 1630. The highest BCUT2D eigenvalue weighted by Crippen LogP contribution is 2.29. The Kier molecular flexibility index (Phi) is 7.88. The van der Waals surface area contributed by atoms with Crippen LogP contribution in [-0.2, 0) is 16.4 Å². The topological polar surface area (TPSA) is 113 Å². The van der Waals surface area contributed by atoms with Gasteiger partial charge < -0.3 is 4.90 Å². The number of nitrogens with one attached hydrogen (secondary N) is 1. The average molecular weight is 564 g/mol. The van der Waals surface area contributed by atoms with E-state index in [0.717, 1.165) is 59.8 Å². The van der Waals surface area contributed by atoms with Gasteiger partial charge in [-0.15, -0.1) is 10.2 Å². The minimum atomic E-state index is -3.90. The second kappa shape index (κ2) is 11.3. The van der Waals surface area contributed by atoms with E-state index in [0.29, 0.717) is 17.7 Å². The molecule has 0 saturated heterocycles. The third kappa shape index (κ3) is 6.08. The number of aliphatic imine (C=N–C) groups is 1. The van der Waals surface area contributed by atoms with E-state index >= 15 is 0 Å². The largest absolute Gasteiger partial charge is 0.306 e. The first-order valence-electron chi connectivity index (χ1n) is 12.9. The summed E-state index contributed by atoms with van der Waals surface area (Å²) in [6.45, 7) is 2.08. The van der Waals surface area contributed by atoms with Crippen LogP contribution in [0.4, 0.5) is 11.8 Å². The van der Waals surface area contributed by atoms with Gasteiger partial charge >= 0.3 is 0 Å². The molecule has 202 valence electrons. The highest BCUT2D eigenvalue weighted by molar-refractivity contribution is 7.92. The first-order valence-corrected chi connectivity index (χ1v) is 14.7. The fourth-order valence-electron chi connectivity index (χ4n) is 4.78. The van der Waals surface area contributed by atoms with Crippen LogP contribution in [-0.4, -0.2) is 59.3 Å². The minimum Gasteiger partial charge on any atom is -0.306 e. The molecule has 2 aromatic carbocycles. The van der Waals surface area contributed by atoms with Crippen molar-refractivity contribution in [3.05, 3.63) is 65.3 Å². The first kappa shape index (κ1) is 27.1. The number of nitrogens with zero attached hydrogens (tertiary/aromatic N) is 6. The fraction of sp³-hybridized carbons (Fsp3) is 0.321. The molecule has 9 nitrogen and oxygen atoms in total. The van der Waals surface area contributed by atoms with E-state index in [9.17, 15) is 8.42 Å². The molecule has 4 aromatic rings. The third-order valence-electron chi connectivity index (χ3n) is 6.98. The van der Waals surface area contributed by atoms with Crippen LogP contribution in [0.3, 0.4) is 0 Å². The van der Waals surface area contributed by atoms with Crippen molar-refractivity contribution in [1.29, 1.82) is 0 Å². The number of hydrogen-bond donors (Lipinski definition) is 1. The van der Waals surface area contributed by atoms with E-state index in [2.05, 4.69) is 45.8 Å². The molecule has 0 spiro atoms. The number of anilines is 1. The molecule has 0 amide bonds. The van der Waals surface area contributed by atoms with Crippen LogP contribution in [0.1, 0.15) is 38.2 Å². The molecule has 0 atom stereocenters. The summed E-state index contributed by atoms with van der Waals surface area (Å²) in [5, 5.41) is 9.37. The van der Waals surface area contributed by atoms with Crippen LogP contribution in [0.5, 0.6) is 0 Å². The van der Waals surface area contributed by atoms with E-state index in [1.807, 2.05) is 12.1 Å². The van der Waals surface area contributed by atoms with E-state index in [1.54, 1.807) is 30.5 Å². The van der Waals surface area contributed by atoms with E-state index < -0.39 is 10.0 Å². The summed E-state index contributed by atoms with van der Waals surface area (Å²) >= 11 is 6.06. The average Bonchev–Trinajstić information content (AvgIpc) is 2.93. The lowest BCUT2D eigenvalue weighted by Gasteiger charge is -2.28. The Morgan fingerprint density at radius 1 is 1.08 bits per heavy atom. The number of rotatable bonds is 7. The molecule has 1 aliphatic rings. The van der Waals surface area contributed by atoms with Crippen molar-refractivity contribution in [2.75, 3.05) is 18.8 Å². The molecule has 0 unspecified atom stereocenters. The molecule has 0 radical (unpaired) electrons. The number of aromatic nitrogens is 4. The zero-order valence-corrected chi connectivity index (χ0v) is 23.7. The van der Waals surface area contributed by atoms with Gasteiger partial charge in [0.25, 0.3) is 10.0 Å². The minimum absolute atomic E-state index is 0.0228. The molecule has 5 rings (SSSR count).